The van der Waals surface area contributed by atoms with E-state index in [4.69, 9.17) is 0 Å². The third kappa shape index (κ3) is 2.34. The van der Waals surface area contributed by atoms with Crippen LogP contribution in [0.15, 0.2) is 24.4 Å². The topological polar surface area (TPSA) is 15.8 Å². The van der Waals surface area contributed by atoms with Crippen molar-refractivity contribution in [2.24, 2.45) is 0 Å². The molecule has 0 aliphatic rings. The largest absolute Gasteiger partial charge is 0.361 e. The number of halogens is 1. The molecular weight excluding hydrogens is 209 g/mol. The van der Waals surface area contributed by atoms with E-state index in [-0.39, 0.29) is 5.82 Å². The summed E-state index contributed by atoms with van der Waals surface area (Å²) in [7, 11) is 0. The molecule has 0 atom stereocenters. The summed E-state index contributed by atoms with van der Waals surface area (Å²) in [5.74, 6) is 0.763. The maximum Gasteiger partial charge on any atom is 0.123 e. The van der Waals surface area contributed by atoms with Crippen LogP contribution in [-0.2, 0) is 5.75 Å². The second-order valence-corrected chi connectivity index (χ2v) is 5.43. The van der Waals surface area contributed by atoms with Crippen molar-refractivity contribution in [3.63, 3.8) is 0 Å². The standard InChI is InChI=1S/C12H14FNS/c1-8(2)15-7-9-6-14-12-4-3-10(13)5-11(9)12/h3-6,8,14H,7H2,1-2H3. The molecule has 0 saturated heterocycles. The predicted octanol–water partition coefficient (Wildman–Crippen LogP) is 3.95. The molecule has 2 rings (SSSR count). The Morgan fingerprint density at radius 1 is 1.40 bits per heavy atom. The van der Waals surface area contributed by atoms with Gasteiger partial charge in [-0.05, 0) is 29.0 Å². The van der Waals surface area contributed by atoms with E-state index in [0.29, 0.717) is 5.25 Å². The van der Waals surface area contributed by atoms with Crippen molar-refractivity contribution in [1.29, 1.82) is 0 Å². The summed E-state index contributed by atoms with van der Waals surface area (Å²) < 4.78 is 13.1. The van der Waals surface area contributed by atoms with Crippen molar-refractivity contribution in [3.05, 3.63) is 35.8 Å². The van der Waals surface area contributed by atoms with E-state index in [2.05, 4.69) is 18.8 Å². The first-order valence-corrected chi connectivity index (χ1v) is 6.09. The molecule has 0 aliphatic carbocycles. The number of thioether (sulfide) groups is 1. The van der Waals surface area contributed by atoms with Gasteiger partial charge < -0.3 is 4.98 Å². The third-order valence-corrected chi connectivity index (χ3v) is 3.45. The summed E-state index contributed by atoms with van der Waals surface area (Å²) in [6, 6.07) is 4.87. The Morgan fingerprint density at radius 2 is 2.20 bits per heavy atom. The summed E-state index contributed by atoms with van der Waals surface area (Å²) >= 11 is 1.87. The van der Waals surface area contributed by atoms with Gasteiger partial charge in [-0.3, -0.25) is 0 Å². The fraction of sp³-hybridized carbons (Fsp3) is 0.333. The number of fused-ring (bicyclic) bond motifs is 1. The van der Waals surface area contributed by atoms with Gasteiger partial charge in [0.1, 0.15) is 5.82 Å². The summed E-state index contributed by atoms with van der Waals surface area (Å²) in [4.78, 5) is 3.16. The van der Waals surface area contributed by atoms with Crippen LogP contribution >= 0.6 is 11.8 Å². The molecule has 3 heteroatoms. The zero-order valence-electron chi connectivity index (χ0n) is 8.88. The van der Waals surface area contributed by atoms with Gasteiger partial charge in [-0.25, -0.2) is 4.39 Å². The summed E-state index contributed by atoms with van der Waals surface area (Å²) in [6.07, 6.45) is 1.97. The lowest BCUT2D eigenvalue weighted by atomic mass is 10.2. The number of aromatic amines is 1. The van der Waals surface area contributed by atoms with Crippen LogP contribution in [-0.4, -0.2) is 10.2 Å². The van der Waals surface area contributed by atoms with Crippen molar-refractivity contribution in [2.75, 3.05) is 0 Å². The molecular formula is C12H14FNS. The summed E-state index contributed by atoms with van der Waals surface area (Å²) in [6.45, 7) is 4.33. The highest BCUT2D eigenvalue weighted by Gasteiger charge is 2.05. The average molecular weight is 223 g/mol. The van der Waals surface area contributed by atoms with Crippen LogP contribution in [0.4, 0.5) is 4.39 Å². The van der Waals surface area contributed by atoms with Gasteiger partial charge in [0.2, 0.25) is 0 Å². The lowest BCUT2D eigenvalue weighted by Gasteiger charge is -2.03. The summed E-state index contributed by atoms with van der Waals surface area (Å²) in [5, 5.41) is 1.60. The highest BCUT2D eigenvalue weighted by atomic mass is 32.2. The minimum atomic E-state index is -0.169. The fourth-order valence-corrected chi connectivity index (χ4v) is 2.28. The quantitative estimate of drug-likeness (QED) is 0.833. The van der Waals surface area contributed by atoms with Crippen LogP contribution < -0.4 is 0 Å². The van der Waals surface area contributed by atoms with Gasteiger partial charge in [-0.15, -0.1) is 0 Å². The molecule has 1 heterocycles. The molecule has 0 fully saturated rings. The number of hydrogen-bond acceptors (Lipinski definition) is 1. The first kappa shape index (κ1) is 10.6. The lowest BCUT2D eigenvalue weighted by molar-refractivity contribution is 0.629. The molecule has 1 nitrogen and oxygen atoms in total. The Kier molecular flexibility index (Phi) is 3.00. The van der Waals surface area contributed by atoms with E-state index >= 15 is 0 Å². The molecule has 0 bridgehead atoms. The Morgan fingerprint density at radius 3 is 2.93 bits per heavy atom. The second kappa shape index (κ2) is 4.27. The average Bonchev–Trinajstić information content (AvgIpc) is 2.57. The summed E-state index contributed by atoms with van der Waals surface area (Å²) in [5.41, 5.74) is 2.19. The molecule has 2 aromatic rings. The van der Waals surface area contributed by atoms with Crippen LogP contribution in [0.1, 0.15) is 19.4 Å². The maximum absolute atomic E-state index is 13.1. The highest BCUT2D eigenvalue weighted by Crippen LogP contribution is 2.25. The van der Waals surface area contributed by atoms with Gasteiger partial charge in [-0.1, -0.05) is 13.8 Å². The zero-order valence-corrected chi connectivity index (χ0v) is 9.70. The number of hydrogen-bond donors (Lipinski definition) is 1. The van der Waals surface area contributed by atoms with Gasteiger partial charge in [0.25, 0.3) is 0 Å². The molecule has 0 unspecified atom stereocenters. The van der Waals surface area contributed by atoms with Gasteiger partial charge in [0.15, 0.2) is 0 Å². The molecule has 0 amide bonds. The van der Waals surface area contributed by atoms with E-state index in [1.54, 1.807) is 12.1 Å². The molecule has 0 radical (unpaired) electrons. The van der Waals surface area contributed by atoms with Gasteiger partial charge in [0, 0.05) is 22.9 Å². The molecule has 1 aromatic carbocycles. The maximum atomic E-state index is 13.1. The first-order valence-electron chi connectivity index (χ1n) is 5.04. The molecule has 0 spiro atoms. The van der Waals surface area contributed by atoms with E-state index in [0.717, 1.165) is 16.7 Å². The van der Waals surface area contributed by atoms with E-state index < -0.39 is 0 Å². The van der Waals surface area contributed by atoms with Crippen LogP contribution in [0.5, 0.6) is 0 Å². The van der Waals surface area contributed by atoms with Gasteiger partial charge in [-0.2, -0.15) is 11.8 Å². The van der Waals surface area contributed by atoms with Crippen LogP contribution in [0, 0.1) is 5.82 Å². The van der Waals surface area contributed by atoms with Crippen molar-refractivity contribution < 1.29 is 4.39 Å². The van der Waals surface area contributed by atoms with Crippen molar-refractivity contribution in [2.45, 2.75) is 24.9 Å². The van der Waals surface area contributed by atoms with Crippen molar-refractivity contribution in [3.8, 4) is 0 Å². The van der Waals surface area contributed by atoms with Crippen LogP contribution in [0.25, 0.3) is 10.9 Å². The lowest BCUT2D eigenvalue weighted by Crippen LogP contribution is -1.87. The number of H-pyrrole nitrogens is 1. The van der Waals surface area contributed by atoms with Crippen LogP contribution in [0.2, 0.25) is 0 Å². The Balaban J connectivity index is 2.31. The molecule has 0 saturated carbocycles. The Hall–Kier alpha value is -0.960. The van der Waals surface area contributed by atoms with E-state index in [1.807, 2.05) is 18.0 Å². The molecule has 0 aliphatic heterocycles. The highest BCUT2D eigenvalue weighted by molar-refractivity contribution is 7.99. The SMILES string of the molecule is CC(C)SCc1c[nH]c2ccc(F)cc12. The second-order valence-electron chi connectivity index (χ2n) is 3.86. The van der Waals surface area contributed by atoms with Crippen molar-refractivity contribution in [1.82, 2.24) is 4.98 Å². The molecule has 80 valence electrons. The number of nitrogens with one attached hydrogen (secondary N) is 1. The number of aromatic nitrogens is 1. The Bertz CT molecular complexity index is 462. The van der Waals surface area contributed by atoms with Gasteiger partial charge in [0.05, 0.1) is 0 Å². The smallest absolute Gasteiger partial charge is 0.123 e. The van der Waals surface area contributed by atoms with Gasteiger partial charge >= 0.3 is 0 Å². The molecule has 15 heavy (non-hydrogen) atoms. The van der Waals surface area contributed by atoms with Crippen molar-refractivity contribution >= 4 is 22.7 Å². The number of benzene rings is 1. The Labute approximate surface area is 93.1 Å². The normalized spacial score (nSPS) is 11.5. The first-order chi connectivity index (χ1) is 7.16. The minimum absolute atomic E-state index is 0.169. The zero-order chi connectivity index (χ0) is 10.8. The molecule has 1 N–H and O–H groups in total. The fourth-order valence-electron chi connectivity index (χ4n) is 1.53. The monoisotopic (exact) mass is 223 g/mol. The third-order valence-electron chi connectivity index (χ3n) is 2.30. The van der Waals surface area contributed by atoms with E-state index in [9.17, 15) is 4.39 Å². The predicted molar refractivity (Wildman–Crippen MR) is 64.7 cm³/mol. The minimum Gasteiger partial charge on any atom is -0.361 e. The van der Waals surface area contributed by atoms with Crippen LogP contribution in [0.3, 0.4) is 0 Å². The van der Waals surface area contributed by atoms with E-state index in [1.165, 1.54) is 11.6 Å². The number of rotatable bonds is 3. The molecule has 1 aromatic heterocycles.